The fourth-order valence-electron chi connectivity index (χ4n) is 5.73. The molecule has 3 aliphatic rings. The maximum atomic E-state index is 13.9. The van der Waals surface area contributed by atoms with Crippen LogP contribution in [0.5, 0.6) is 0 Å². The van der Waals surface area contributed by atoms with E-state index in [1.807, 2.05) is 47.6 Å². The smallest absolute Gasteiger partial charge is 0.258 e. The summed E-state index contributed by atoms with van der Waals surface area (Å²) >= 11 is 0. The quantitative estimate of drug-likeness (QED) is 0.553. The Labute approximate surface area is 211 Å². The van der Waals surface area contributed by atoms with Gasteiger partial charge in [-0.05, 0) is 61.9 Å². The van der Waals surface area contributed by atoms with Crippen molar-refractivity contribution < 1.29 is 9.53 Å². The minimum absolute atomic E-state index is 0.0789. The first-order valence-electron chi connectivity index (χ1n) is 13.2. The number of carbonyl (C=O) groups excluding carboxylic acids is 1. The Bertz CT molecular complexity index is 1370. The molecular weight excluding hydrogens is 452 g/mol. The van der Waals surface area contributed by atoms with Gasteiger partial charge in [0, 0.05) is 61.5 Å². The molecule has 0 N–H and O–H groups in total. The largest absolute Gasteiger partial charge is 0.379 e. The van der Waals surface area contributed by atoms with Crippen molar-refractivity contribution in [2.45, 2.75) is 52.2 Å². The molecule has 7 nitrogen and oxygen atoms in total. The summed E-state index contributed by atoms with van der Waals surface area (Å²) < 4.78 is 7.50. The number of hydrogen-bond donors (Lipinski definition) is 0. The number of hydrogen-bond acceptors (Lipinski definition) is 5. The van der Waals surface area contributed by atoms with Crippen LogP contribution in [-0.2, 0) is 29.0 Å². The summed E-state index contributed by atoms with van der Waals surface area (Å²) in [6, 6.07) is 12.0. The average Bonchev–Trinajstić information content (AvgIpc) is 3.73. The van der Waals surface area contributed by atoms with Gasteiger partial charge in [-0.25, -0.2) is 0 Å². The molecule has 3 aromatic rings. The molecule has 2 aliphatic heterocycles. The molecule has 1 atom stereocenters. The first-order chi connectivity index (χ1) is 17.5. The Morgan fingerprint density at radius 2 is 1.92 bits per heavy atom. The van der Waals surface area contributed by atoms with Crippen molar-refractivity contribution in [2.24, 2.45) is 5.92 Å². The number of ether oxygens (including phenoxy) is 1. The zero-order valence-corrected chi connectivity index (χ0v) is 21.2. The van der Waals surface area contributed by atoms with Crippen molar-refractivity contribution in [3.8, 4) is 11.1 Å². The predicted octanol–water partition coefficient (Wildman–Crippen LogP) is 3.39. The molecule has 6 rings (SSSR count). The van der Waals surface area contributed by atoms with Crippen LogP contribution < -0.4 is 5.56 Å². The summed E-state index contributed by atoms with van der Waals surface area (Å²) in [7, 11) is 0. The van der Waals surface area contributed by atoms with E-state index >= 15 is 0 Å². The number of fused-ring (bicyclic) bond motifs is 2. The lowest BCUT2D eigenvalue weighted by molar-refractivity contribution is -0.139. The van der Waals surface area contributed by atoms with E-state index in [-0.39, 0.29) is 17.5 Å². The minimum atomic E-state index is -0.167. The fourth-order valence-corrected chi connectivity index (χ4v) is 5.73. The molecule has 2 aromatic heterocycles. The van der Waals surface area contributed by atoms with Gasteiger partial charge in [0.25, 0.3) is 5.56 Å². The van der Waals surface area contributed by atoms with Crippen LogP contribution in [-0.4, -0.2) is 64.1 Å². The highest BCUT2D eigenvalue weighted by atomic mass is 16.5. The van der Waals surface area contributed by atoms with Crippen molar-refractivity contribution in [3.05, 3.63) is 63.7 Å². The van der Waals surface area contributed by atoms with Crippen molar-refractivity contribution in [3.63, 3.8) is 0 Å². The number of aromatic nitrogens is 2. The van der Waals surface area contributed by atoms with Gasteiger partial charge in [0.1, 0.15) is 0 Å². The van der Waals surface area contributed by atoms with E-state index in [0.717, 1.165) is 59.5 Å². The Kier molecular flexibility index (Phi) is 6.13. The molecule has 4 heterocycles. The number of rotatable bonds is 5. The number of amides is 1. The van der Waals surface area contributed by atoms with E-state index in [4.69, 9.17) is 4.74 Å². The molecule has 7 heteroatoms. The summed E-state index contributed by atoms with van der Waals surface area (Å²) in [4.78, 5) is 36.2. The first kappa shape index (κ1) is 23.4. The topological polar surface area (TPSA) is 67.7 Å². The number of pyridine rings is 2. The molecule has 0 radical (unpaired) electrons. The second-order valence-electron chi connectivity index (χ2n) is 10.5. The maximum absolute atomic E-state index is 13.9. The lowest BCUT2D eigenvalue weighted by atomic mass is 9.96. The molecule has 2 fully saturated rings. The third-order valence-corrected chi connectivity index (χ3v) is 8.03. The van der Waals surface area contributed by atoms with Gasteiger partial charge in [-0.15, -0.1) is 0 Å². The molecule has 1 unspecified atom stereocenters. The zero-order valence-electron chi connectivity index (χ0n) is 21.2. The lowest BCUT2D eigenvalue weighted by Gasteiger charge is -2.37. The van der Waals surface area contributed by atoms with Gasteiger partial charge in [-0.3, -0.25) is 19.5 Å². The second kappa shape index (κ2) is 9.45. The summed E-state index contributed by atoms with van der Waals surface area (Å²) in [5, 5.41) is 0.989. The third kappa shape index (κ3) is 4.35. The zero-order chi connectivity index (χ0) is 24.8. The molecule has 0 bridgehead atoms. The van der Waals surface area contributed by atoms with Crippen LogP contribution in [0.3, 0.4) is 0 Å². The number of aryl methyl sites for hydroxylation is 1. The number of nitrogens with zero attached hydrogens (tertiary/aromatic N) is 4. The van der Waals surface area contributed by atoms with E-state index < -0.39 is 0 Å². The van der Waals surface area contributed by atoms with Gasteiger partial charge in [0.15, 0.2) is 0 Å². The van der Waals surface area contributed by atoms with Crippen molar-refractivity contribution >= 4 is 16.8 Å². The number of morpholine rings is 1. The molecule has 1 saturated heterocycles. The Balaban J connectivity index is 1.39. The van der Waals surface area contributed by atoms with Crippen LogP contribution in [0.4, 0.5) is 0 Å². The van der Waals surface area contributed by atoms with E-state index in [9.17, 15) is 9.59 Å². The Hall–Kier alpha value is -3.03. The molecule has 0 spiro atoms. The minimum Gasteiger partial charge on any atom is -0.379 e. The van der Waals surface area contributed by atoms with Gasteiger partial charge < -0.3 is 14.2 Å². The van der Waals surface area contributed by atoms with E-state index in [1.54, 1.807) is 0 Å². The van der Waals surface area contributed by atoms with Crippen LogP contribution in [0.1, 0.15) is 36.7 Å². The van der Waals surface area contributed by atoms with Crippen molar-refractivity contribution in [1.82, 2.24) is 19.4 Å². The van der Waals surface area contributed by atoms with Crippen molar-refractivity contribution in [2.75, 3.05) is 32.8 Å². The van der Waals surface area contributed by atoms with E-state index in [0.29, 0.717) is 37.8 Å². The highest BCUT2D eigenvalue weighted by Crippen LogP contribution is 2.33. The average molecular weight is 487 g/mol. The van der Waals surface area contributed by atoms with Crippen LogP contribution in [0, 0.1) is 12.8 Å². The maximum Gasteiger partial charge on any atom is 0.258 e. The van der Waals surface area contributed by atoms with Gasteiger partial charge in [0.05, 0.1) is 24.8 Å². The fraction of sp³-hybridized carbons (Fsp3) is 0.483. The van der Waals surface area contributed by atoms with E-state index in [1.165, 1.54) is 12.8 Å². The highest BCUT2D eigenvalue weighted by Gasteiger charge is 2.32. The highest BCUT2D eigenvalue weighted by molar-refractivity contribution is 5.94. The van der Waals surface area contributed by atoms with Crippen LogP contribution in [0.15, 0.2) is 41.2 Å². The SMILES string of the molecule is Cc1ccc2c(-c3cc4c(n(CC5CC5)c3=O)CCN(C(=O)C(C)N3CCOCC3)C4)cccc2n1. The van der Waals surface area contributed by atoms with Crippen LogP contribution in [0.2, 0.25) is 0 Å². The Morgan fingerprint density at radius 1 is 1.11 bits per heavy atom. The second-order valence-corrected chi connectivity index (χ2v) is 10.5. The summed E-state index contributed by atoms with van der Waals surface area (Å²) in [5.41, 5.74) is 5.76. The molecule has 1 amide bonds. The first-order valence-corrected chi connectivity index (χ1v) is 13.2. The number of carbonyl (C=O) groups is 1. The Morgan fingerprint density at radius 3 is 2.69 bits per heavy atom. The van der Waals surface area contributed by atoms with Gasteiger partial charge >= 0.3 is 0 Å². The molecular formula is C29H34N4O3. The molecule has 1 saturated carbocycles. The lowest BCUT2D eigenvalue weighted by Crippen LogP contribution is -2.52. The molecule has 188 valence electrons. The number of benzene rings is 1. The van der Waals surface area contributed by atoms with Gasteiger partial charge in [0.2, 0.25) is 5.91 Å². The standard InChI is InChI=1S/C29H34N4O3/c1-19-6-9-24-23(4-3-5-26(24)30-19)25-16-22-18-32(28(34)20(2)31-12-14-36-15-13-31)11-10-27(22)33(29(25)35)17-21-7-8-21/h3-6,9,16,20-21H,7-8,10-15,17-18H2,1-2H3. The molecule has 1 aromatic carbocycles. The molecule has 36 heavy (non-hydrogen) atoms. The van der Waals surface area contributed by atoms with Gasteiger partial charge in [-0.1, -0.05) is 18.2 Å². The van der Waals surface area contributed by atoms with Crippen LogP contribution >= 0.6 is 0 Å². The van der Waals surface area contributed by atoms with E-state index in [2.05, 4.69) is 22.0 Å². The van der Waals surface area contributed by atoms with Gasteiger partial charge in [-0.2, -0.15) is 0 Å². The third-order valence-electron chi connectivity index (χ3n) is 8.03. The summed E-state index contributed by atoms with van der Waals surface area (Å²) in [6.45, 7) is 8.89. The van der Waals surface area contributed by atoms with Crippen LogP contribution in [0.25, 0.3) is 22.0 Å². The normalized spacial score (nSPS) is 19.3. The molecule has 1 aliphatic carbocycles. The van der Waals surface area contributed by atoms with Crippen molar-refractivity contribution in [1.29, 1.82) is 0 Å². The monoisotopic (exact) mass is 486 g/mol. The summed E-state index contributed by atoms with van der Waals surface area (Å²) in [6.07, 6.45) is 3.09. The summed E-state index contributed by atoms with van der Waals surface area (Å²) in [5.74, 6) is 0.744. The predicted molar refractivity (Wildman–Crippen MR) is 140 cm³/mol.